The maximum Gasteiger partial charge on any atom is 0.160 e. The molecule has 0 saturated heterocycles. The third-order valence-corrected chi connectivity index (χ3v) is 3.13. The fourth-order valence-electron chi connectivity index (χ4n) is 2.16. The van der Waals surface area contributed by atoms with Gasteiger partial charge in [-0.1, -0.05) is 0 Å². The van der Waals surface area contributed by atoms with E-state index in [0.717, 1.165) is 24.0 Å². The molecule has 1 aliphatic carbocycles. The molecule has 3 rings (SSSR count). The summed E-state index contributed by atoms with van der Waals surface area (Å²) in [4.78, 5) is 8.85. The van der Waals surface area contributed by atoms with Crippen LogP contribution in [0.15, 0.2) is 18.3 Å². The van der Waals surface area contributed by atoms with Crippen LogP contribution in [0.5, 0.6) is 0 Å². The van der Waals surface area contributed by atoms with E-state index in [1.165, 1.54) is 0 Å². The zero-order valence-corrected chi connectivity index (χ0v) is 9.58. The van der Waals surface area contributed by atoms with Gasteiger partial charge in [0.05, 0.1) is 0 Å². The number of aliphatic hydroxyl groups is 1. The second-order valence-electron chi connectivity index (χ2n) is 4.51. The zero-order chi connectivity index (χ0) is 11.8. The first-order valence-corrected chi connectivity index (χ1v) is 6.02. The molecule has 1 saturated carbocycles. The third-order valence-electron chi connectivity index (χ3n) is 3.13. The Morgan fingerprint density at radius 3 is 3.06 bits per heavy atom. The lowest BCUT2D eigenvalue weighted by Crippen LogP contribution is -2.12. The van der Waals surface area contributed by atoms with Crippen molar-refractivity contribution in [3.05, 3.63) is 24.2 Å². The third kappa shape index (κ3) is 1.81. The van der Waals surface area contributed by atoms with Crippen molar-refractivity contribution in [2.75, 3.05) is 6.54 Å². The SMILES string of the molecule is NCCC(O)c1nc2cccnc2n1C1CC1. The van der Waals surface area contributed by atoms with E-state index in [1.54, 1.807) is 6.20 Å². The summed E-state index contributed by atoms with van der Waals surface area (Å²) in [6.07, 6.45) is 4.00. The van der Waals surface area contributed by atoms with Gasteiger partial charge in [-0.25, -0.2) is 9.97 Å². The molecule has 0 aliphatic heterocycles. The molecule has 17 heavy (non-hydrogen) atoms. The van der Waals surface area contributed by atoms with E-state index in [4.69, 9.17) is 5.73 Å². The predicted octanol–water partition coefficient (Wildman–Crippen LogP) is 1.15. The standard InChI is InChI=1S/C12H16N4O/c13-6-5-10(17)12-15-9-2-1-7-14-11(9)16(12)8-3-4-8/h1-2,7-8,10,17H,3-6,13H2. The van der Waals surface area contributed by atoms with Crippen LogP contribution in [0.4, 0.5) is 0 Å². The molecule has 0 aromatic carbocycles. The summed E-state index contributed by atoms with van der Waals surface area (Å²) < 4.78 is 2.08. The molecule has 1 atom stereocenters. The Balaban J connectivity index is 2.12. The van der Waals surface area contributed by atoms with Crippen molar-refractivity contribution in [1.82, 2.24) is 14.5 Å². The van der Waals surface area contributed by atoms with Crippen molar-refractivity contribution in [3.63, 3.8) is 0 Å². The van der Waals surface area contributed by atoms with Gasteiger partial charge in [0.1, 0.15) is 17.4 Å². The fraction of sp³-hybridized carbons (Fsp3) is 0.500. The molecule has 0 radical (unpaired) electrons. The van der Waals surface area contributed by atoms with Crippen LogP contribution in [0.3, 0.4) is 0 Å². The van der Waals surface area contributed by atoms with Crippen LogP contribution in [0, 0.1) is 0 Å². The van der Waals surface area contributed by atoms with E-state index in [1.807, 2.05) is 12.1 Å². The average molecular weight is 232 g/mol. The lowest BCUT2D eigenvalue weighted by Gasteiger charge is -2.11. The van der Waals surface area contributed by atoms with E-state index >= 15 is 0 Å². The van der Waals surface area contributed by atoms with Crippen LogP contribution in [-0.4, -0.2) is 26.2 Å². The molecular weight excluding hydrogens is 216 g/mol. The van der Waals surface area contributed by atoms with Crippen molar-refractivity contribution in [2.24, 2.45) is 5.73 Å². The summed E-state index contributed by atoms with van der Waals surface area (Å²) >= 11 is 0. The summed E-state index contributed by atoms with van der Waals surface area (Å²) in [5.41, 5.74) is 7.22. The normalized spacial score (nSPS) is 17.5. The Kier molecular flexibility index (Phi) is 2.57. The van der Waals surface area contributed by atoms with Gasteiger partial charge in [0.25, 0.3) is 0 Å². The van der Waals surface area contributed by atoms with Crippen LogP contribution in [0.1, 0.15) is 37.2 Å². The molecule has 0 bridgehead atoms. The first-order chi connectivity index (χ1) is 8.31. The molecule has 90 valence electrons. The van der Waals surface area contributed by atoms with Crippen molar-refractivity contribution in [2.45, 2.75) is 31.4 Å². The predicted molar refractivity (Wildman–Crippen MR) is 64.4 cm³/mol. The monoisotopic (exact) mass is 232 g/mol. The first kappa shape index (κ1) is 10.7. The smallest absolute Gasteiger partial charge is 0.160 e. The van der Waals surface area contributed by atoms with Gasteiger partial charge >= 0.3 is 0 Å². The molecule has 5 heteroatoms. The van der Waals surface area contributed by atoms with E-state index in [2.05, 4.69) is 14.5 Å². The van der Waals surface area contributed by atoms with Crippen LogP contribution >= 0.6 is 0 Å². The van der Waals surface area contributed by atoms with Crippen molar-refractivity contribution < 1.29 is 5.11 Å². The van der Waals surface area contributed by atoms with Crippen LogP contribution in [0.2, 0.25) is 0 Å². The van der Waals surface area contributed by atoms with Gasteiger partial charge in [0.15, 0.2) is 5.65 Å². The second-order valence-corrected chi connectivity index (χ2v) is 4.51. The average Bonchev–Trinajstić information content (AvgIpc) is 3.09. The van der Waals surface area contributed by atoms with Gasteiger partial charge in [-0.05, 0) is 37.9 Å². The first-order valence-electron chi connectivity index (χ1n) is 6.02. The highest BCUT2D eigenvalue weighted by molar-refractivity contribution is 5.71. The summed E-state index contributed by atoms with van der Waals surface area (Å²) in [6.45, 7) is 0.461. The number of hydrogen-bond acceptors (Lipinski definition) is 4. The number of nitrogens with two attached hydrogens (primary N) is 1. The highest BCUT2D eigenvalue weighted by Gasteiger charge is 2.30. The lowest BCUT2D eigenvalue weighted by molar-refractivity contribution is 0.156. The Morgan fingerprint density at radius 2 is 2.35 bits per heavy atom. The molecule has 2 aromatic heterocycles. The van der Waals surface area contributed by atoms with Gasteiger partial charge in [-0.2, -0.15) is 0 Å². The maximum absolute atomic E-state index is 10.1. The minimum Gasteiger partial charge on any atom is -0.385 e. The molecular formula is C12H16N4O. The number of nitrogens with zero attached hydrogens (tertiary/aromatic N) is 3. The quantitative estimate of drug-likeness (QED) is 0.829. The molecule has 1 fully saturated rings. The van der Waals surface area contributed by atoms with Gasteiger partial charge in [0.2, 0.25) is 0 Å². The summed E-state index contributed by atoms with van der Waals surface area (Å²) in [6, 6.07) is 4.25. The van der Waals surface area contributed by atoms with E-state index in [9.17, 15) is 5.11 Å². The Hall–Kier alpha value is -1.46. The molecule has 0 spiro atoms. The number of fused-ring (bicyclic) bond motifs is 1. The lowest BCUT2D eigenvalue weighted by atomic mass is 10.2. The van der Waals surface area contributed by atoms with Gasteiger partial charge in [-0.15, -0.1) is 0 Å². The minimum absolute atomic E-state index is 0.456. The van der Waals surface area contributed by atoms with Crippen molar-refractivity contribution >= 4 is 11.2 Å². The number of aliphatic hydroxyl groups excluding tert-OH is 1. The molecule has 2 heterocycles. The number of aromatic nitrogens is 3. The summed E-state index contributed by atoms with van der Waals surface area (Å²) in [7, 11) is 0. The second kappa shape index (κ2) is 4.09. The molecule has 5 nitrogen and oxygen atoms in total. The van der Waals surface area contributed by atoms with Crippen molar-refractivity contribution in [3.8, 4) is 0 Å². The van der Waals surface area contributed by atoms with Crippen LogP contribution in [0.25, 0.3) is 11.2 Å². The Labute approximate surface area is 99.3 Å². The van der Waals surface area contributed by atoms with Crippen molar-refractivity contribution in [1.29, 1.82) is 0 Å². The van der Waals surface area contributed by atoms with Gasteiger partial charge in [0, 0.05) is 12.2 Å². The molecule has 2 aromatic rings. The molecule has 1 unspecified atom stereocenters. The van der Waals surface area contributed by atoms with Crippen LogP contribution in [-0.2, 0) is 0 Å². The van der Waals surface area contributed by atoms with Gasteiger partial charge in [-0.3, -0.25) is 0 Å². The van der Waals surface area contributed by atoms with Gasteiger partial charge < -0.3 is 15.4 Å². The summed E-state index contributed by atoms with van der Waals surface area (Å²) in [5, 5.41) is 10.1. The number of rotatable bonds is 4. The maximum atomic E-state index is 10.1. The Bertz CT molecular complexity index is 532. The molecule has 3 N–H and O–H groups in total. The van der Waals surface area contributed by atoms with E-state index in [-0.39, 0.29) is 0 Å². The van der Waals surface area contributed by atoms with E-state index < -0.39 is 6.10 Å². The van der Waals surface area contributed by atoms with Crippen LogP contribution < -0.4 is 5.73 Å². The zero-order valence-electron chi connectivity index (χ0n) is 9.58. The minimum atomic E-state index is -0.588. The topological polar surface area (TPSA) is 77.0 Å². The number of hydrogen-bond donors (Lipinski definition) is 2. The largest absolute Gasteiger partial charge is 0.385 e. The highest BCUT2D eigenvalue weighted by Crippen LogP contribution is 2.39. The molecule has 1 aliphatic rings. The number of pyridine rings is 1. The fourth-order valence-corrected chi connectivity index (χ4v) is 2.16. The Morgan fingerprint density at radius 1 is 1.53 bits per heavy atom. The van der Waals surface area contributed by atoms with E-state index in [0.29, 0.717) is 24.8 Å². The highest BCUT2D eigenvalue weighted by atomic mass is 16.3. The summed E-state index contributed by atoms with van der Waals surface area (Å²) in [5.74, 6) is 0.714. The molecule has 0 amide bonds. The number of imidazole rings is 1.